The lowest BCUT2D eigenvalue weighted by atomic mass is 9.93. The molecular weight excluding hydrogens is 330 g/mol. The minimum atomic E-state index is 0.452. The van der Waals surface area contributed by atoms with Gasteiger partial charge in [0, 0.05) is 12.0 Å². The van der Waals surface area contributed by atoms with E-state index in [9.17, 15) is 0 Å². The van der Waals surface area contributed by atoms with Crippen LogP contribution in [0.4, 0.5) is 0 Å². The molecule has 0 unspecified atom stereocenters. The molecule has 2 aromatic rings. The molecule has 0 spiro atoms. The van der Waals surface area contributed by atoms with Gasteiger partial charge in [-0.05, 0) is 50.4 Å². The Kier molecular flexibility index (Phi) is 5.58. The van der Waals surface area contributed by atoms with Gasteiger partial charge in [0.25, 0.3) is 0 Å². The Morgan fingerprint density at radius 1 is 1.25 bits per heavy atom. The number of halogens is 1. The van der Waals surface area contributed by atoms with E-state index in [4.69, 9.17) is 25.6 Å². The number of nitrogens with zero attached hydrogens (tertiary/aromatic N) is 2. The lowest BCUT2D eigenvalue weighted by Crippen LogP contribution is -2.27. The fourth-order valence-electron chi connectivity index (χ4n) is 3.02. The molecule has 1 saturated heterocycles. The SMILES string of the molecule is COc1cc(-c2noc(CCC3CCNCC3)n2)cc(Cl)c1OC. The molecule has 7 heteroatoms. The molecule has 1 N–H and O–H groups in total. The monoisotopic (exact) mass is 351 g/mol. The first-order valence-corrected chi connectivity index (χ1v) is 8.54. The van der Waals surface area contributed by atoms with Crippen LogP contribution in [0.5, 0.6) is 11.5 Å². The number of hydrogen-bond donors (Lipinski definition) is 1. The van der Waals surface area contributed by atoms with Gasteiger partial charge in [-0.3, -0.25) is 0 Å². The second kappa shape index (κ2) is 7.85. The van der Waals surface area contributed by atoms with E-state index in [0.29, 0.717) is 28.2 Å². The molecule has 0 radical (unpaired) electrons. The van der Waals surface area contributed by atoms with Gasteiger partial charge in [0.1, 0.15) is 0 Å². The molecule has 0 amide bonds. The summed E-state index contributed by atoms with van der Waals surface area (Å²) in [6.07, 6.45) is 4.31. The second-order valence-electron chi connectivity index (χ2n) is 5.94. The predicted molar refractivity (Wildman–Crippen MR) is 91.8 cm³/mol. The Labute approximate surface area is 146 Å². The van der Waals surface area contributed by atoms with Crippen molar-refractivity contribution in [2.24, 2.45) is 5.92 Å². The van der Waals surface area contributed by atoms with Crippen LogP contribution in [-0.2, 0) is 6.42 Å². The van der Waals surface area contributed by atoms with Gasteiger partial charge in [-0.1, -0.05) is 16.8 Å². The van der Waals surface area contributed by atoms with E-state index < -0.39 is 0 Å². The smallest absolute Gasteiger partial charge is 0.226 e. The number of nitrogens with one attached hydrogen (secondary N) is 1. The van der Waals surface area contributed by atoms with Gasteiger partial charge in [0.15, 0.2) is 11.5 Å². The van der Waals surface area contributed by atoms with Crippen molar-refractivity contribution in [3.8, 4) is 22.9 Å². The Bertz CT molecular complexity index is 684. The summed E-state index contributed by atoms with van der Waals surface area (Å²) in [6, 6.07) is 3.55. The number of methoxy groups -OCH3 is 2. The van der Waals surface area contributed by atoms with Crippen LogP contribution in [-0.4, -0.2) is 37.4 Å². The van der Waals surface area contributed by atoms with E-state index in [1.54, 1.807) is 26.4 Å². The van der Waals surface area contributed by atoms with Crippen molar-refractivity contribution in [1.82, 2.24) is 15.5 Å². The van der Waals surface area contributed by atoms with Gasteiger partial charge in [0.2, 0.25) is 11.7 Å². The number of rotatable bonds is 6. The zero-order chi connectivity index (χ0) is 16.9. The van der Waals surface area contributed by atoms with Gasteiger partial charge < -0.3 is 19.3 Å². The number of aromatic nitrogens is 2. The van der Waals surface area contributed by atoms with Crippen LogP contribution in [0.2, 0.25) is 5.02 Å². The van der Waals surface area contributed by atoms with E-state index >= 15 is 0 Å². The molecule has 0 saturated carbocycles. The lowest BCUT2D eigenvalue weighted by Gasteiger charge is -2.21. The number of benzene rings is 1. The highest BCUT2D eigenvalue weighted by Crippen LogP contribution is 2.38. The van der Waals surface area contributed by atoms with Gasteiger partial charge in [-0.2, -0.15) is 4.98 Å². The zero-order valence-electron chi connectivity index (χ0n) is 14.0. The van der Waals surface area contributed by atoms with Crippen molar-refractivity contribution in [3.05, 3.63) is 23.0 Å². The van der Waals surface area contributed by atoms with Crippen molar-refractivity contribution < 1.29 is 14.0 Å². The number of aryl methyl sites for hydroxylation is 1. The van der Waals surface area contributed by atoms with Crippen LogP contribution < -0.4 is 14.8 Å². The molecule has 0 aliphatic carbocycles. The zero-order valence-corrected chi connectivity index (χ0v) is 14.7. The minimum Gasteiger partial charge on any atom is -0.493 e. The molecule has 2 heterocycles. The first kappa shape index (κ1) is 17.0. The van der Waals surface area contributed by atoms with Gasteiger partial charge >= 0.3 is 0 Å². The fraction of sp³-hybridized carbons (Fsp3) is 0.529. The Morgan fingerprint density at radius 2 is 2.04 bits per heavy atom. The molecule has 3 rings (SSSR count). The van der Waals surface area contributed by atoms with Crippen LogP contribution >= 0.6 is 11.6 Å². The molecular formula is C17H22ClN3O3. The first-order chi connectivity index (χ1) is 11.7. The molecule has 0 bridgehead atoms. The molecule has 6 nitrogen and oxygen atoms in total. The highest BCUT2D eigenvalue weighted by atomic mass is 35.5. The Morgan fingerprint density at radius 3 is 2.75 bits per heavy atom. The molecule has 130 valence electrons. The molecule has 1 fully saturated rings. The highest BCUT2D eigenvalue weighted by Gasteiger charge is 2.17. The number of hydrogen-bond acceptors (Lipinski definition) is 6. The summed E-state index contributed by atoms with van der Waals surface area (Å²) in [7, 11) is 3.12. The van der Waals surface area contributed by atoms with Crippen molar-refractivity contribution in [3.63, 3.8) is 0 Å². The third-order valence-electron chi connectivity index (χ3n) is 4.39. The van der Waals surface area contributed by atoms with Gasteiger partial charge in [0.05, 0.1) is 19.2 Å². The fourth-order valence-corrected chi connectivity index (χ4v) is 3.31. The number of ether oxygens (including phenoxy) is 2. The predicted octanol–water partition coefficient (Wildman–Crippen LogP) is 3.34. The summed E-state index contributed by atoms with van der Waals surface area (Å²) >= 11 is 6.24. The maximum absolute atomic E-state index is 6.24. The second-order valence-corrected chi connectivity index (χ2v) is 6.34. The van der Waals surface area contributed by atoms with E-state index in [0.717, 1.165) is 37.4 Å². The van der Waals surface area contributed by atoms with Crippen LogP contribution in [0, 0.1) is 5.92 Å². The molecule has 0 atom stereocenters. The largest absolute Gasteiger partial charge is 0.493 e. The van der Waals surface area contributed by atoms with E-state index in [1.165, 1.54) is 12.8 Å². The maximum atomic E-state index is 6.24. The summed E-state index contributed by atoms with van der Waals surface area (Å²) in [4.78, 5) is 4.49. The molecule has 1 aliphatic heterocycles. The summed E-state index contributed by atoms with van der Waals surface area (Å²) in [5, 5.41) is 7.90. The minimum absolute atomic E-state index is 0.452. The number of piperidine rings is 1. The standard InChI is InChI=1S/C17H22ClN3O3/c1-22-14-10-12(9-13(18)16(14)23-2)17-20-15(24-21-17)4-3-11-5-7-19-8-6-11/h9-11,19H,3-8H2,1-2H3. The average Bonchev–Trinajstić information content (AvgIpc) is 3.09. The van der Waals surface area contributed by atoms with E-state index in [-0.39, 0.29) is 0 Å². The van der Waals surface area contributed by atoms with Crippen LogP contribution in [0.15, 0.2) is 16.7 Å². The van der Waals surface area contributed by atoms with Crippen molar-refractivity contribution in [2.75, 3.05) is 27.3 Å². The first-order valence-electron chi connectivity index (χ1n) is 8.16. The Hall–Kier alpha value is -1.79. The third kappa shape index (κ3) is 3.82. The highest BCUT2D eigenvalue weighted by molar-refractivity contribution is 6.32. The summed E-state index contributed by atoms with van der Waals surface area (Å²) in [6.45, 7) is 2.20. The molecule has 1 aromatic carbocycles. The lowest BCUT2D eigenvalue weighted by molar-refractivity contribution is 0.324. The van der Waals surface area contributed by atoms with Crippen molar-refractivity contribution >= 4 is 11.6 Å². The summed E-state index contributed by atoms with van der Waals surface area (Å²) < 4.78 is 15.9. The van der Waals surface area contributed by atoms with Crippen molar-refractivity contribution in [2.45, 2.75) is 25.7 Å². The topological polar surface area (TPSA) is 69.4 Å². The quantitative estimate of drug-likeness (QED) is 0.860. The summed E-state index contributed by atoms with van der Waals surface area (Å²) in [5.41, 5.74) is 0.745. The van der Waals surface area contributed by atoms with Gasteiger partial charge in [-0.25, -0.2) is 0 Å². The van der Waals surface area contributed by atoms with E-state index in [1.807, 2.05) is 0 Å². The molecule has 1 aliphatic rings. The summed E-state index contributed by atoms with van der Waals surface area (Å²) in [5.74, 6) is 2.95. The normalized spacial score (nSPS) is 15.5. The van der Waals surface area contributed by atoms with Crippen LogP contribution in [0.25, 0.3) is 11.4 Å². The van der Waals surface area contributed by atoms with Gasteiger partial charge in [-0.15, -0.1) is 0 Å². The molecule has 24 heavy (non-hydrogen) atoms. The van der Waals surface area contributed by atoms with Crippen LogP contribution in [0.3, 0.4) is 0 Å². The van der Waals surface area contributed by atoms with Crippen LogP contribution in [0.1, 0.15) is 25.2 Å². The van der Waals surface area contributed by atoms with Crippen molar-refractivity contribution in [1.29, 1.82) is 0 Å². The third-order valence-corrected chi connectivity index (χ3v) is 4.67. The average molecular weight is 352 g/mol. The Balaban J connectivity index is 1.71. The maximum Gasteiger partial charge on any atom is 0.226 e. The molecule has 1 aromatic heterocycles. The van der Waals surface area contributed by atoms with E-state index in [2.05, 4.69) is 15.5 Å².